The van der Waals surface area contributed by atoms with Gasteiger partial charge in [-0.3, -0.25) is 0 Å². The molecule has 18 heavy (non-hydrogen) atoms. The molecule has 0 saturated heterocycles. The molecule has 1 aromatic carbocycles. The molecule has 1 rings (SSSR count). The topological polar surface area (TPSA) is 78.8 Å². The first-order valence-electron chi connectivity index (χ1n) is 5.53. The van der Waals surface area contributed by atoms with Gasteiger partial charge in [-0.2, -0.15) is 11.8 Å². The van der Waals surface area contributed by atoms with Crippen molar-refractivity contribution in [2.75, 3.05) is 12.4 Å². The standard InChI is InChI=1S/C12H17FN2O2S/c1-8(5-16)6-18-7-10-3-2-9(4-11(10)13)12(14)15-17/h2-4,8,16-17H,5-7H2,1H3,(H2,14,15). The van der Waals surface area contributed by atoms with Crippen molar-refractivity contribution >= 4 is 17.6 Å². The molecule has 0 bridgehead atoms. The highest BCUT2D eigenvalue weighted by atomic mass is 32.2. The van der Waals surface area contributed by atoms with Crippen LogP contribution in [0.1, 0.15) is 18.1 Å². The van der Waals surface area contributed by atoms with Crippen LogP contribution in [0, 0.1) is 11.7 Å². The fourth-order valence-electron chi connectivity index (χ4n) is 1.30. The molecule has 6 heteroatoms. The molecule has 100 valence electrons. The molecule has 0 aromatic heterocycles. The summed E-state index contributed by atoms with van der Waals surface area (Å²) >= 11 is 1.56. The Morgan fingerprint density at radius 2 is 2.28 bits per heavy atom. The zero-order valence-corrected chi connectivity index (χ0v) is 11.0. The Morgan fingerprint density at radius 1 is 1.56 bits per heavy atom. The van der Waals surface area contributed by atoms with Crippen molar-refractivity contribution < 1.29 is 14.7 Å². The number of benzene rings is 1. The van der Waals surface area contributed by atoms with Crippen LogP contribution in [0.2, 0.25) is 0 Å². The molecular formula is C12H17FN2O2S. The van der Waals surface area contributed by atoms with Gasteiger partial charge in [0.15, 0.2) is 5.84 Å². The van der Waals surface area contributed by atoms with Gasteiger partial charge in [-0.15, -0.1) is 0 Å². The van der Waals surface area contributed by atoms with E-state index in [0.29, 0.717) is 16.9 Å². The van der Waals surface area contributed by atoms with Crippen LogP contribution in [0.15, 0.2) is 23.4 Å². The second kappa shape index (κ2) is 7.23. The molecule has 1 atom stereocenters. The molecule has 0 saturated carbocycles. The molecule has 0 heterocycles. The van der Waals surface area contributed by atoms with Crippen LogP contribution in [0.5, 0.6) is 0 Å². The van der Waals surface area contributed by atoms with Gasteiger partial charge in [0.25, 0.3) is 0 Å². The molecule has 1 aromatic rings. The minimum Gasteiger partial charge on any atom is -0.409 e. The lowest BCUT2D eigenvalue weighted by Crippen LogP contribution is -2.13. The number of nitrogens with two attached hydrogens (primary N) is 1. The summed E-state index contributed by atoms with van der Waals surface area (Å²) in [5.41, 5.74) is 6.29. The van der Waals surface area contributed by atoms with Crippen LogP contribution in [-0.2, 0) is 5.75 Å². The maximum atomic E-state index is 13.7. The van der Waals surface area contributed by atoms with E-state index < -0.39 is 0 Å². The molecule has 0 aliphatic rings. The van der Waals surface area contributed by atoms with E-state index >= 15 is 0 Å². The van der Waals surface area contributed by atoms with Crippen molar-refractivity contribution in [3.8, 4) is 0 Å². The summed E-state index contributed by atoms with van der Waals surface area (Å²) in [6.45, 7) is 2.07. The predicted molar refractivity (Wildman–Crippen MR) is 71.3 cm³/mol. The van der Waals surface area contributed by atoms with Crippen molar-refractivity contribution in [3.63, 3.8) is 0 Å². The second-order valence-electron chi connectivity index (χ2n) is 4.09. The second-order valence-corrected chi connectivity index (χ2v) is 5.12. The smallest absolute Gasteiger partial charge is 0.170 e. The lowest BCUT2D eigenvalue weighted by Gasteiger charge is -2.08. The van der Waals surface area contributed by atoms with Crippen LogP contribution in [-0.4, -0.2) is 28.5 Å². The van der Waals surface area contributed by atoms with Crippen LogP contribution in [0.25, 0.3) is 0 Å². The molecule has 0 spiro atoms. The van der Waals surface area contributed by atoms with E-state index in [1.54, 1.807) is 23.9 Å². The summed E-state index contributed by atoms with van der Waals surface area (Å²) in [6, 6.07) is 4.49. The van der Waals surface area contributed by atoms with E-state index in [4.69, 9.17) is 16.0 Å². The van der Waals surface area contributed by atoms with Crippen molar-refractivity contribution in [1.82, 2.24) is 0 Å². The highest BCUT2D eigenvalue weighted by Gasteiger charge is 2.07. The largest absolute Gasteiger partial charge is 0.409 e. The van der Waals surface area contributed by atoms with Crippen molar-refractivity contribution in [2.45, 2.75) is 12.7 Å². The van der Waals surface area contributed by atoms with Gasteiger partial charge in [0, 0.05) is 17.9 Å². The van der Waals surface area contributed by atoms with E-state index in [-0.39, 0.29) is 24.2 Å². The number of hydrogen-bond donors (Lipinski definition) is 3. The monoisotopic (exact) mass is 272 g/mol. The third-order valence-corrected chi connectivity index (χ3v) is 3.75. The van der Waals surface area contributed by atoms with Crippen LogP contribution in [0.4, 0.5) is 4.39 Å². The number of rotatable bonds is 6. The van der Waals surface area contributed by atoms with Crippen molar-refractivity contribution in [3.05, 3.63) is 35.1 Å². The van der Waals surface area contributed by atoms with E-state index in [1.165, 1.54) is 6.07 Å². The van der Waals surface area contributed by atoms with Gasteiger partial charge in [0.05, 0.1) is 0 Å². The molecule has 4 N–H and O–H groups in total. The Bertz CT molecular complexity index is 427. The fourth-order valence-corrected chi connectivity index (χ4v) is 2.38. The average Bonchev–Trinajstić information content (AvgIpc) is 2.39. The summed E-state index contributed by atoms with van der Waals surface area (Å²) in [6.07, 6.45) is 0. The minimum absolute atomic E-state index is 0.109. The highest BCUT2D eigenvalue weighted by molar-refractivity contribution is 7.98. The van der Waals surface area contributed by atoms with Gasteiger partial charge in [-0.25, -0.2) is 4.39 Å². The fraction of sp³-hybridized carbons (Fsp3) is 0.417. The molecular weight excluding hydrogens is 255 g/mol. The number of halogens is 1. The number of nitrogens with zero attached hydrogens (tertiary/aromatic N) is 1. The number of oxime groups is 1. The average molecular weight is 272 g/mol. The third kappa shape index (κ3) is 4.19. The summed E-state index contributed by atoms with van der Waals surface area (Å²) in [7, 11) is 0. The predicted octanol–water partition coefficient (Wildman–Crippen LogP) is 1.78. The Morgan fingerprint density at radius 3 is 2.83 bits per heavy atom. The number of amidine groups is 1. The first kappa shape index (κ1) is 14.8. The molecule has 0 aliphatic carbocycles. The van der Waals surface area contributed by atoms with Gasteiger partial charge in [0.2, 0.25) is 0 Å². The molecule has 0 amide bonds. The zero-order chi connectivity index (χ0) is 13.5. The Hall–Kier alpha value is -1.27. The maximum Gasteiger partial charge on any atom is 0.170 e. The van der Waals surface area contributed by atoms with E-state index in [9.17, 15) is 4.39 Å². The molecule has 1 unspecified atom stereocenters. The maximum absolute atomic E-state index is 13.7. The van der Waals surface area contributed by atoms with Crippen molar-refractivity contribution in [2.24, 2.45) is 16.8 Å². The summed E-state index contributed by atoms with van der Waals surface area (Å²) < 4.78 is 13.7. The van der Waals surface area contributed by atoms with Gasteiger partial charge in [0.1, 0.15) is 5.82 Å². The minimum atomic E-state index is -0.372. The van der Waals surface area contributed by atoms with Crippen LogP contribution in [0.3, 0.4) is 0 Å². The highest BCUT2D eigenvalue weighted by Crippen LogP contribution is 2.19. The number of aliphatic hydroxyl groups is 1. The quantitative estimate of drug-likeness (QED) is 0.319. The Labute approximate surface area is 110 Å². The first-order valence-corrected chi connectivity index (χ1v) is 6.68. The molecule has 0 radical (unpaired) electrons. The Balaban J connectivity index is 2.63. The SMILES string of the molecule is CC(CO)CSCc1ccc(C(N)=NO)cc1F. The Kier molecular flexibility index (Phi) is 5.94. The molecule has 0 fully saturated rings. The number of hydrogen-bond acceptors (Lipinski definition) is 4. The third-order valence-electron chi connectivity index (χ3n) is 2.43. The summed E-state index contributed by atoms with van der Waals surface area (Å²) in [5, 5.41) is 20.2. The van der Waals surface area contributed by atoms with Gasteiger partial charge >= 0.3 is 0 Å². The van der Waals surface area contributed by atoms with Gasteiger partial charge in [-0.1, -0.05) is 24.2 Å². The van der Waals surface area contributed by atoms with E-state index in [0.717, 1.165) is 5.75 Å². The van der Waals surface area contributed by atoms with Gasteiger partial charge < -0.3 is 16.0 Å². The normalized spacial score (nSPS) is 13.6. The lowest BCUT2D eigenvalue weighted by molar-refractivity contribution is 0.250. The summed E-state index contributed by atoms with van der Waals surface area (Å²) in [4.78, 5) is 0. The van der Waals surface area contributed by atoms with E-state index in [1.807, 2.05) is 6.92 Å². The molecule has 4 nitrogen and oxygen atoms in total. The van der Waals surface area contributed by atoms with Gasteiger partial charge in [-0.05, 0) is 23.3 Å². The summed E-state index contributed by atoms with van der Waals surface area (Å²) in [5.74, 6) is 1.03. The van der Waals surface area contributed by atoms with E-state index in [2.05, 4.69) is 5.16 Å². The van der Waals surface area contributed by atoms with Crippen LogP contribution < -0.4 is 5.73 Å². The number of thioether (sulfide) groups is 1. The van der Waals surface area contributed by atoms with Crippen LogP contribution >= 0.6 is 11.8 Å². The molecule has 0 aliphatic heterocycles. The number of aliphatic hydroxyl groups excluding tert-OH is 1. The first-order chi connectivity index (χ1) is 8.58. The zero-order valence-electron chi connectivity index (χ0n) is 10.1. The van der Waals surface area contributed by atoms with Crippen molar-refractivity contribution in [1.29, 1.82) is 0 Å². The lowest BCUT2D eigenvalue weighted by atomic mass is 10.1.